The maximum atomic E-state index is 12.2. The van der Waals surface area contributed by atoms with Crippen LogP contribution in [0, 0.1) is 13.8 Å². The van der Waals surface area contributed by atoms with Crippen molar-refractivity contribution in [2.45, 2.75) is 118 Å². The summed E-state index contributed by atoms with van der Waals surface area (Å²) in [6.07, 6.45) is 14.0. The molecule has 0 aliphatic rings. The topological polar surface area (TPSA) is 65.7 Å². The minimum Gasteiger partial charge on any atom is -0.459 e. The van der Waals surface area contributed by atoms with Crippen molar-refractivity contribution in [3.8, 4) is 11.5 Å². The minimum absolute atomic E-state index is 0.245. The normalized spacial score (nSPS) is 10.9. The van der Waals surface area contributed by atoms with Crippen molar-refractivity contribution in [3.05, 3.63) is 11.5 Å². The highest BCUT2D eigenvalue weighted by atomic mass is 16.6. The van der Waals surface area contributed by atoms with Crippen LogP contribution in [0.5, 0.6) is 11.5 Å². The molecule has 0 saturated heterocycles. The van der Waals surface area contributed by atoms with Gasteiger partial charge in [0.1, 0.15) is 11.5 Å². The molecule has 1 rings (SSSR count). The molecule has 29 heavy (non-hydrogen) atoms. The number of hydrogen-bond donors (Lipinski definition) is 0. The number of carbonyl (C=O) groups excluding carboxylic acids is 2. The van der Waals surface area contributed by atoms with Crippen molar-refractivity contribution < 1.29 is 23.5 Å². The van der Waals surface area contributed by atoms with Gasteiger partial charge in [-0.3, -0.25) is 9.59 Å². The van der Waals surface area contributed by atoms with Crippen LogP contribution in [-0.4, -0.2) is 11.9 Å². The van der Waals surface area contributed by atoms with Crippen molar-refractivity contribution in [1.29, 1.82) is 0 Å². The van der Waals surface area contributed by atoms with Gasteiger partial charge in [0.25, 0.3) is 0 Å². The highest BCUT2D eigenvalue weighted by Crippen LogP contribution is 2.38. The summed E-state index contributed by atoms with van der Waals surface area (Å²) in [6, 6.07) is 0. The SMILES string of the molecule is CCCCCCCCC(=O)Oc1c(C)oc(C)c1OC(=O)CCCCCCCC. The van der Waals surface area contributed by atoms with E-state index in [2.05, 4.69) is 13.8 Å². The maximum absolute atomic E-state index is 12.2. The van der Waals surface area contributed by atoms with Crippen LogP contribution in [0.4, 0.5) is 0 Å². The van der Waals surface area contributed by atoms with Crippen LogP contribution in [-0.2, 0) is 9.59 Å². The summed E-state index contributed by atoms with van der Waals surface area (Å²) >= 11 is 0. The van der Waals surface area contributed by atoms with Gasteiger partial charge in [-0.2, -0.15) is 0 Å². The fourth-order valence-corrected chi connectivity index (χ4v) is 3.31. The lowest BCUT2D eigenvalue weighted by atomic mass is 10.1. The third-order valence-electron chi connectivity index (χ3n) is 5.05. The molecule has 0 bridgehead atoms. The van der Waals surface area contributed by atoms with Gasteiger partial charge in [0.05, 0.1) is 0 Å². The summed E-state index contributed by atoms with van der Waals surface area (Å²) in [4.78, 5) is 24.4. The molecular weight excluding hydrogens is 368 g/mol. The average Bonchev–Trinajstić information content (AvgIpc) is 2.94. The molecule has 0 amide bonds. The van der Waals surface area contributed by atoms with Crippen molar-refractivity contribution >= 4 is 11.9 Å². The highest BCUT2D eigenvalue weighted by molar-refractivity contribution is 5.77. The van der Waals surface area contributed by atoms with E-state index >= 15 is 0 Å². The van der Waals surface area contributed by atoms with E-state index in [0.29, 0.717) is 24.4 Å². The number of esters is 2. The van der Waals surface area contributed by atoms with Crippen LogP contribution >= 0.6 is 0 Å². The number of furan rings is 1. The summed E-state index contributed by atoms with van der Waals surface area (Å²) in [7, 11) is 0. The van der Waals surface area contributed by atoms with E-state index in [1.807, 2.05) is 0 Å². The lowest BCUT2D eigenvalue weighted by Crippen LogP contribution is -2.12. The molecular formula is C24H40O5. The summed E-state index contributed by atoms with van der Waals surface area (Å²) < 4.78 is 16.5. The molecule has 0 unspecified atom stereocenters. The van der Waals surface area contributed by atoms with Gasteiger partial charge >= 0.3 is 11.9 Å². The van der Waals surface area contributed by atoms with Crippen LogP contribution in [0.15, 0.2) is 4.42 Å². The molecule has 0 N–H and O–H groups in total. The Morgan fingerprint density at radius 1 is 0.621 bits per heavy atom. The summed E-state index contributed by atoms with van der Waals surface area (Å²) in [5, 5.41) is 0. The second kappa shape index (κ2) is 15.1. The van der Waals surface area contributed by atoms with Gasteiger partial charge in [-0.25, -0.2) is 0 Å². The minimum atomic E-state index is -0.308. The Bertz CT molecular complexity index is 552. The Hall–Kier alpha value is -1.78. The van der Waals surface area contributed by atoms with Crippen LogP contribution in [0.25, 0.3) is 0 Å². The number of carbonyl (C=O) groups is 2. The van der Waals surface area contributed by atoms with Crippen LogP contribution in [0.1, 0.15) is 115 Å². The van der Waals surface area contributed by atoms with E-state index in [9.17, 15) is 9.59 Å². The van der Waals surface area contributed by atoms with Crippen molar-refractivity contribution in [1.82, 2.24) is 0 Å². The number of ether oxygens (including phenoxy) is 2. The Balaban J connectivity index is 2.44. The summed E-state index contributed by atoms with van der Waals surface area (Å²) in [5.74, 6) is 0.794. The zero-order valence-electron chi connectivity index (χ0n) is 18.9. The molecule has 0 radical (unpaired) electrons. The second-order valence-electron chi connectivity index (χ2n) is 7.86. The highest BCUT2D eigenvalue weighted by Gasteiger charge is 2.23. The molecule has 0 spiro atoms. The monoisotopic (exact) mass is 408 g/mol. The third-order valence-corrected chi connectivity index (χ3v) is 5.05. The number of rotatable bonds is 16. The van der Waals surface area contributed by atoms with Crippen LogP contribution in [0.2, 0.25) is 0 Å². The fraction of sp³-hybridized carbons (Fsp3) is 0.750. The fourth-order valence-electron chi connectivity index (χ4n) is 3.31. The van der Waals surface area contributed by atoms with Crippen LogP contribution in [0.3, 0.4) is 0 Å². The molecule has 0 saturated carbocycles. The second-order valence-corrected chi connectivity index (χ2v) is 7.86. The third kappa shape index (κ3) is 10.5. The maximum Gasteiger partial charge on any atom is 0.311 e. The molecule has 0 atom stereocenters. The molecule has 0 aliphatic heterocycles. The first kappa shape index (κ1) is 25.3. The van der Waals surface area contributed by atoms with Gasteiger partial charge in [0.2, 0.25) is 11.5 Å². The zero-order valence-corrected chi connectivity index (χ0v) is 18.9. The van der Waals surface area contributed by atoms with Gasteiger partial charge in [-0.1, -0.05) is 78.1 Å². The molecule has 166 valence electrons. The number of aryl methyl sites for hydroxylation is 2. The van der Waals surface area contributed by atoms with E-state index in [1.165, 1.54) is 38.5 Å². The molecule has 5 heteroatoms. The van der Waals surface area contributed by atoms with E-state index in [1.54, 1.807) is 13.8 Å². The quantitative estimate of drug-likeness (QED) is 0.213. The largest absolute Gasteiger partial charge is 0.459 e. The Morgan fingerprint density at radius 3 is 1.34 bits per heavy atom. The lowest BCUT2D eigenvalue weighted by Gasteiger charge is -2.08. The summed E-state index contributed by atoms with van der Waals surface area (Å²) in [5.41, 5.74) is 0. The first-order valence-electron chi connectivity index (χ1n) is 11.5. The van der Waals surface area contributed by atoms with E-state index in [4.69, 9.17) is 13.9 Å². The van der Waals surface area contributed by atoms with E-state index < -0.39 is 0 Å². The van der Waals surface area contributed by atoms with E-state index in [0.717, 1.165) is 38.5 Å². The predicted octanol–water partition coefficient (Wildman–Crippen LogP) is 7.21. The Labute approximate surface area is 176 Å². The lowest BCUT2D eigenvalue weighted by molar-refractivity contribution is -0.137. The smallest absolute Gasteiger partial charge is 0.311 e. The van der Waals surface area contributed by atoms with Gasteiger partial charge in [0, 0.05) is 12.8 Å². The molecule has 0 aromatic carbocycles. The molecule has 1 aromatic rings. The number of hydrogen-bond acceptors (Lipinski definition) is 5. The zero-order chi connectivity index (χ0) is 21.5. The first-order chi connectivity index (χ1) is 14.0. The average molecular weight is 409 g/mol. The molecule has 1 heterocycles. The van der Waals surface area contributed by atoms with Gasteiger partial charge in [0.15, 0.2) is 0 Å². The molecule has 5 nitrogen and oxygen atoms in total. The van der Waals surface area contributed by atoms with Crippen molar-refractivity contribution in [3.63, 3.8) is 0 Å². The first-order valence-corrected chi connectivity index (χ1v) is 11.5. The van der Waals surface area contributed by atoms with E-state index in [-0.39, 0.29) is 23.4 Å². The molecule has 1 aromatic heterocycles. The van der Waals surface area contributed by atoms with Crippen LogP contribution < -0.4 is 9.47 Å². The Kier molecular flexibility index (Phi) is 13.2. The van der Waals surface area contributed by atoms with Gasteiger partial charge in [-0.15, -0.1) is 0 Å². The predicted molar refractivity (Wildman–Crippen MR) is 115 cm³/mol. The Morgan fingerprint density at radius 2 is 0.966 bits per heavy atom. The molecule has 0 aliphatic carbocycles. The standard InChI is InChI=1S/C24H40O5/c1-5-7-9-11-13-15-17-21(25)28-23-19(3)27-20(4)24(23)29-22(26)18-16-14-12-10-8-6-2/h5-18H2,1-4H3. The van der Waals surface area contributed by atoms with Crippen molar-refractivity contribution in [2.75, 3.05) is 0 Å². The number of unbranched alkanes of at least 4 members (excludes halogenated alkanes) is 10. The summed E-state index contributed by atoms with van der Waals surface area (Å²) in [6.45, 7) is 7.80. The van der Waals surface area contributed by atoms with Gasteiger partial charge in [-0.05, 0) is 26.7 Å². The molecule has 0 fully saturated rings. The van der Waals surface area contributed by atoms with Gasteiger partial charge < -0.3 is 13.9 Å². The van der Waals surface area contributed by atoms with Crippen molar-refractivity contribution in [2.24, 2.45) is 0 Å².